The van der Waals surface area contributed by atoms with Gasteiger partial charge in [-0.05, 0) is 0 Å². The maximum Gasteiger partial charge on any atom is 0.401 e. The van der Waals surface area contributed by atoms with Crippen molar-refractivity contribution in [3.63, 3.8) is 0 Å². The van der Waals surface area contributed by atoms with Crippen LogP contribution in [0.1, 0.15) is 0 Å². The Bertz CT molecular complexity index is 32.6. The molecule has 4 heteroatoms. The largest absolute Gasteiger partial charge is 0.469 e. The first-order valence-corrected chi connectivity index (χ1v) is 0.995. The summed E-state index contributed by atoms with van der Waals surface area (Å²) in [6, 6.07) is 0. The molecule has 0 amide bonds. The maximum absolute atomic E-state index is 8.77. The van der Waals surface area contributed by atoms with Crippen LogP contribution in [-0.4, -0.2) is 10.5 Å². The van der Waals surface area contributed by atoms with Crippen LogP contribution in [0.15, 0.2) is 0 Å². The fourth-order valence-corrected chi connectivity index (χ4v) is 0. The van der Waals surface area contributed by atoms with Crippen molar-refractivity contribution in [2.45, 2.75) is 0 Å². The van der Waals surface area contributed by atoms with Crippen molar-refractivity contribution >= 4 is 17.0 Å². The van der Waals surface area contributed by atoms with Gasteiger partial charge in [-0.15, -0.1) is 0 Å². The minimum absolute atomic E-state index is 0. The minimum atomic E-state index is -1.36. The van der Waals surface area contributed by atoms with Crippen molar-refractivity contribution in [2.24, 2.45) is 0 Å². The standard InChI is InChI=1S/CHClO2.W/c2-1(3)4;/h(H,3,4);. The summed E-state index contributed by atoms with van der Waals surface area (Å²) in [6.07, 6.45) is 0. The Hall–Kier alpha value is 0.448. The third-order valence-electron chi connectivity index (χ3n) is 0. The second-order valence-electron chi connectivity index (χ2n) is 0.253. The second kappa shape index (κ2) is 4.45. The SMILES string of the molecule is O=C(O)Cl.[W]. The van der Waals surface area contributed by atoms with E-state index < -0.39 is 5.43 Å². The van der Waals surface area contributed by atoms with Crippen LogP contribution >= 0.6 is 11.6 Å². The molecule has 0 saturated carbocycles. The van der Waals surface area contributed by atoms with Crippen molar-refractivity contribution in [3.8, 4) is 0 Å². The van der Waals surface area contributed by atoms with Gasteiger partial charge >= 0.3 is 5.43 Å². The van der Waals surface area contributed by atoms with E-state index in [1.165, 1.54) is 0 Å². The molecule has 0 unspecified atom stereocenters. The summed E-state index contributed by atoms with van der Waals surface area (Å²) in [5.74, 6) is 0. The predicted molar refractivity (Wildman–Crippen MR) is 13.9 cm³/mol. The van der Waals surface area contributed by atoms with Gasteiger partial charge in [0.15, 0.2) is 0 Å². The Morgan fingerprint density at radius 3 is 1.80 bits per heavy atom. The molecule has 0 heterocycles. The molecule has 0 fully saturated rings. The van der Waals surface area contributed by atoms with Gasteiger partial charge in [0.25, 0.3) is 0 Å². The van der Waals surface area contributed by atoms with E-state index in [2.05, 4.69) is 11.6 Å². The van der Waals surface area contributed by atoms with E-state index in [1.807, 2.05) is 0 Å². The van der Waals surface area contributed by atoms with Crippen LogP contribution < -0.4 is 0 Å². The predicted octanol–water partition coefficient (Wildman–Crippen LogP) is 0.901. The topological polar surface area (TPSA) is 37.3 Å². The van der Waals surface area contributed by atoms with Crippen LogP contribution in [0.25, 0.3) is 0 Å². The third-order valence-corrected chi connectivity index (χ3v) is 0. The van der Waals surface area contributed by atoms with Gasteiger partial charge in [0.2, 0.25) is 0 Å². The molecule has 0 aromatic rings. The maximum atomic E-state index is 8.77. The minimum Gasteiger partial charge on any atom is -0.469 e. The van der Waals surface area contributed by atoms with Crippen molar-refractivity contribution in [1.82, 2.24) is 0 Å². The molecule has 0 atom stereocenters. The summed E-state index contributed by atoms with van der Waals surface area (Å²) in [4.78, 5) is 8.77. The van der Waals surface area contributed by atoms with Gasteiger partial charge in [-0.2, -0.15) is 0 Å². The normalized spacial score (nSPS) is 5.00. The van der Waals surface area contributed by atoms with E-state index in [-0.39, 0.29) is 21.1 Å². The Morgan fingerprint density at radius 1 is 1.80 bits per heavy atom. The summed E-state index contributed by atoms with van der Waals surface area (Å²) in [5.41, 5.74) is -1.36. The molecule has 1 N–H and O–H groups in total. The van der Waals surface area contributed by atoms with Crippen molar-refractivity contribution in [3.05, 3.63) is 0 Å². The van der Waals surface area contributed by atoms with Gasteiger partial charge in [0.1, 0.15) is 0 Å². The molecule has 0 radical (unpaired) electrons. The summed E-state index contributed by atoms with van der Waals surface area (Å²) < 4.78 is 0. The summed E-state index contributed by atoms with van der Waals surface area (Å²) in [5, 5.41) is 7.18. The summed E-state index contributed by atoms with van der Waals surface area (Å²) in [7, 11) is 0. The van der Waals surface area contributed by atoms with Crippen molar-refractivity contribution < 1.29 is 31.0 Å². The molecule has 0 rings (SSSR count). The average Bonchev–Trinajstić information content (AvgIpc) is 0.811. The number of carboxylic acid groups (broad SMARTS) is 1. The van der Waals surface area contributed by atoms with E-state index in [1.54, 1.807) is 0 Å². The Morgan fingerprint density at radius 2 is 1.80 bits per heavy atom. The Balaban J connectivity index is 0. The molecule has 0 aromatic carbocycles. The molecule has 0 bridgehead atoms. The van der Waals surface area contributed by atoms with Crippen molar-refractivity contribution in [2.75, 3.05) is 0 Å². The molecular weight excluding hydrogens is 263 g/mol. The van der Waals surface area contributed by atoms with Crippen LogP contribution in [0.3, 0.4) is 0 Å². The molecule has 2 nitrogen and oxygen atoms in total. The van der Waals surface area contributed by atoms with Gasteiger partial charge in [-0.3, -0.25) is 0 Å². The van der Waals surface area contributed by atoms with Gasteiger partial charge in [0.05, 0.1) is 0 Å². The average molecular weight is 264 g/mol. The smallest absolute Gasteiger partial charge is 0.401 e. The number of carbonyl (C=O) groups is 1. The summed E-state index contributed by atoms with van der Waals surface area (Å²) >= 11 is 4.19. The molecule has 5 heavy (non-hydrogen) atoms. The van der Waals surface area contributed by atoms with E-state index in [0.717, 1.165) is 0 Å². The molecule has 0 spiro atoms. The first-order valence-electron chi connectivity index (χ1n) is 0.617. The van der Waals surface area contributed by atoms with Gasteiger partial charge in [-0.1, -0.05) is 0 Å². The molecular formula is CHClO2W. The van der Waals surface area contributed by atoms with Crippen LogP contribution in [0.5, 0.6) is 0 Å². The van der Waals surface area contributed by atoms with Crippen molar-refractivity contribution in [1.29, 1.82) is 0 Å². The number of rotatable bonds is 0. The van der Waals surface area contributed by atoms with E-state index in [4.69, 9.17) is 9.90 Å². The van der Waals surface area contributed by atoms with Crippen LogP contribution in [0.2, 0.25) is 0 Å². The third kappa shape index (κ3) is 133. The van der Waals surface area contributed by atoms with Gasteiger partial charge in [0, 0.05) is 32.7 Å². The Labute approximate surface area is 48.4 Å². The number of hydrogen-bond acceptors (Lipinski definition) is 1. The summed E-state index contributed by atoms with van der Waals surface area (Å²) in [6.45, 7) is 0. The first-order chi connectivity index (χ1) is 1.73. The quantitative estimate of drug-likeness (QED) is 0.660. The number of halogens is 1. The molecule has 0 aliphatic heterocycles. The fourth-order valence-electron chi connectivity index (χ4n) is 0. The van der Waals surface area contributed by atoms with Crippen LogP contribution in [-0.2, 0) is 21.1 Å². The number of hydrogen-bond donors (Lipinski definition) is 1. The van der Waals surface area contributed by atoms with Crippen LogP contribution in [0.4, 0.5) is 4.79 Å². The van der Waals surface area contributed by atoms with Gasteiger partial charge in [-0.25, -0.2) is 4.79 Å². The van der Waals surface area contributed by atoms with Gasteiger partial charge < -0.3 is 5.11 Å². The first kappa shape index (κ1) is 9.07. The zero-order valence-corrected chi connectivity index (χ0v) is 5.83. The molecule has 0 aliphatic carbocycles. The van der Waals surface area contributed by atoms with Crippen LogP contribution in [0, 0.1) is 0 Å². The molecule has 0 saturated heterocycles. The monoisotopic (exact) mass is 264 g/mol. The zero-order valence-electron chi connectivity index (χ0n) is 2.14. The molecule has 0 aliphatic rings. The Kier molecular flexibility index (Phi) is 8.07. The molecule has 30 valence electrons. The second-order valence-corrected chi connectivity index (χ2v) is 0.576. The van der Waals surface area contributed by atoms with E-state index in [9.17, 15) is 0 Å². The zero-order chi connectivity index (χ0) is 3.58. The van der Waals surface area contributed by atoms with E-state index >= 15 is 0 Å². The molecule has 0 aromatic heterocycles. The van der Waals surface area contributed by atoms with E-state index in [0.29, 0.717) is 0 Å². The fraction of sp³-hybridized carbons (Fsp3) is 0.